The Morgan fingerprint density at radius 1 is 1.09 bits per heavy atom. The van der Waals surface area contributed by atoms with Gasteiger partial charge in [-0.2, -0.15) is 0 Å². The number of amides is 2. The predicted molar refractivity (Wildman–Crippen MR) is 94.1 cm³/mol. The highest BCUT2D eigenvalue weighted by molar-refractivity contribution is 6.42. The lowest BCUT2D eigenvalue weighted by atomic mass is 9.76. The Bertz CT molecular complexity index is 748. The van der Waals surface area contributed by atoms with Crippen LogP contribution >= 0.6 is 23.2 Å². The summed E-state index contributed by atoms with van der Waals surface area (Å²) in [4.78, 5) is 13.2. The molecule has 3 rings (SSSR count). The van der Waals surface area contributed by atoms with Gasteiger partial charge in [0.05, 0.1) is 16.1 Å². The summed E-state index contributed by atoms with van der Waals surface area (Å²) in [6, 6.07) is 13.6. The third-order valence-electron chi connectivity index (χ3n) is 4.62. The summed E-state index contributed by atoms with van der Waals surface area (Å²) >= 11 is 12.2. The highest BCUT2D eigenvalue weighted by Crippen LogP contribution is 2.44. The normalized spacial score (nSPS) is 20.0. The molecule has 120 valence electrons. The standard InChI is InChI=1S/C18H18Cl2N2O/c1-22(18(21)23)17-9-7-12(13-4-2-3-5-14(13)17)11-6-8-15(19)16(20)10-11/h2-6,8,10,12,17H,7,9H2,1H3,(H2,21,23)/t12-,17-/m0/s1. The molecule has 0 radical (unpaired) electrons. The number of primary amides is 1. The van der Waals surface area contributed by atoms with Gasteiger partial charge in [0, 0.05) is 13.0 Å². The third-order valence-corrected chi connectivity index (χ3v) is 5.36. The number of urea groups is 1. The molecule has 0 saturated heterocycles. The Morgan fingerprint density at radius 2 is 1.78 bits per heavy atom. The Balaban J connectivity index is 2.03. The van der Waals surface area contributed by atoms with Crippen LogP contribution in [-0.4, -0.2) is 18.0 Å². The first-order valence-corrected chi connectivity index (χ1v) is 8.30. The van der Waals surface area contributed by atoms with Crippen molar-refractivity contribution in [3.05, 3.63) is 69.2 Å². The summed E-state index contributed by atoms with van der Waals surface area (Å²) in [7, 11) is 1.75. The lowest BCUT2D eigenvalue weighted by Gasteiger charge is -2.36. The minimum atomic E-state index is -0.405. The van der Waals surface area contributed by atoms with Gasteiger partial charge in [-0.15, -0.1) is 0 Å². The highest BCUT2D eigenvalue weighted by atomic mass is 35.5. The molecule has 0 saturated carbocycles. The molecule has 2 atom stereocenters. The van der Waals surface area contributed by atoms with E-state index in [1.54, 1.807) is 11.9 Å². The third kappa shape index (κ3) is 3.04. The smallest absolute Gasteiger partial charge is 0.315 e. The van der Waals surface area contributed by atoms with Crippen molar-refractivity contribution >= 4 is 29.2 Å². The maximum Gasteiger partial charge on any atom is 0.315 e. The molecule has 0 bridgehead atoms. The SMILES string of the molecule is CN(C(N)=O)[C@H]1CC[C@@H](c2ccc(Cl)c(Cl)c2)c2ccccc21. The number of nitrogens with zero attached hydrogens (tertiary/aromatic N) is 1. The number of carbonyl (C=O) groups excluding carboxylic acids is 1. The molecule has 1 aliphatic rings. The minimum absolute atomic E-state index is 0.0164. The van der Waals surface area contributed by atoms with E-state index < -0.39 is 6.03 Å². The molecule has 0 spiro atoms. The van der Waals surface area contributed by atoms with Crippen LogP contribution in [0.15, 0.2) is 42.5 Å². The average Bonchev–Trinajstić information content (AvgIpc) is 2.55. The lowest BCUT2D eigenvalue weighted by molar-refractivity contribution is 0.192. The van der Waals surface area contributed by atoms with E-state index in [1.807, 2.05) is 30.3 Å². The second-order valence-electron chi connectivity index (χ2n) is 5.90. The minimum Gasteiger partial charge on any atom is -0.351 e. The predicted octanol–water partition coefficient (Wildman–Crippen LogP) is 4.97. The molecule has 0 unspecified atom stereocenters. The van der Waals surface area contributed by atoms with Crippen LogP contribution in [0.25, 0.3) is 0 Å². The quantitative estimate of drug-likeness (QED) is 0.817. The first-order valence-electron chi connectivity index (χ1n) is 7.55. The molecule has 23 heavy (non-hydrogen) atoms. The van der Waals surface area contributed by atoms with Crippen molar-refractivity contribution in [2.45, 2.75) is 24.8 Å². The molecule has 2 aromatic rings. The second-order valence-corrected chi connectivity index (χ2v) is 6.71. The van der Waals surface area contributed by atoms with Crippen molar-refractivity contribution in [3.8, 4) is 0 Å². The van der Waals surface area contributed by atoms with E-state index in [-0.39, 0.29) is 12.0 Å². The zero-order valence-electron chi connectivity index (χ0n) is 12.8. The molecular weight excluding hydrogens is 331 g/mol. The van der Waals surface area contributed by atoms with E-state index in [2.05, 4.69) is 12.1 Å². The van der Waals surface area contributed by atoms with Gasteiger partial charge in [0.15, 0.2) is 0 Å². The molecule has 0 aromatic heterocycles. The van der Waals surface area contributed by atoms with Crippen molar-refractivity contribution in [1.29, 1.82) is 0 Å². The van der Waals surface area contributed by atoms with Crippen LogP contribution in [0.2, 0.25) is 10.0 Å². The first-order chi connectivity index (χ1) is 11.0. The molecule has 2 N–H and O–H groups in total. The number of halogens is 2. The fourth-order valence-corrected chi connectivity index (χ4v) is 3.70. The van der Waals surface area contributed by atoms with Crippen molar-refractivity contribution in [3.63, 3.8) is 0 Å². The van der Waals surface area contributed by atoms with E-state index in [4.69, 9.17) is 28.9 Å². The summed E-state index contributed by atoms with van der Waals surface area (Å²) < 4.78 is 0. The second kappa shape index (κ2) is 6.42. The Morgan fingerprint density at radius 3 is 2.43 bits per heavy atom. The highest BCUT2D eigenvalue weighted by Gasteiger charge is 2.31. The molecule has 0 heterocycles. The fourth-order valence-electron chi connectivity index (χ4n) is 3.40. The monoisotopic (exact) mass is 348 g/mol. The average molecular weight is 349 g/mol. The van der Waals surface area contributed by atoms with Crippen molar-refractivity contribution in [2.24, 2.45) is 5.73 Å². The van der Waals surface area contributed by atoms with Crippen LogP contribution < -0.4 is 5.73 Å². The number of hydrogen-bond donors (Lipinski definition) is 1. The van der Waals surface area contributed by atoms with Gasteiger partial charge in [-0.05, 0) is 41.7 Å². The number of nitrogens with two attached hydrogens (primary N) is 1. The van der Waals surface area contributed by atoms with Crippen LogP contribution in [0.3, 0.4) is 0 Å². The van der Waals surface area contributed by atoms with Crippen LogP contribution in [0.1, 0.15) is 41.5 Å². The van der Waals surface area contributed by atoms with E-state index in [0.717, 1.165) is 24.0 Å². The molecule has 1 aliphatic carbocycles. The Hall–Kier alpha value is -1.71. The van der Waals surface area contributed by atoms with Crippen molar-refractivity contribution in [2.75, 3.05) is 7.05 Å². The summed E-state index contributed by atoms with van der Waals surface area (Å²) in [5, 5.41) is 1.13. The number of rotatable bonds is 2. The van der Waals surface area contributed by atoms with Crippen LogP contribution in [0.5, 0.6) is 0 Å². The fraction of sp³-hybridized carbons (Fsp3) is 0.278. The van der Waals surface area contributed by atoms with Gasteiger partial charge in [-0.25, -0.2) is 4.79 Å². The maximum atomic E-state index is 11.6. The largest absolute Gasteiger partial charge is 0.351 e. The molecule has 2 amide bonds. The van der Waals surface area contributed by atoms with Crippen molar-refractivity contribution < 1.29 is 4.79 Å². The summed E-state index contributed by atoms with van der Waals surface area (Å²) in [5.41, 5.74) is 8.97. The maximum absolute atomic E-state index is 11.6. The van der Waals surface area contributed by atoms with Gasteiger partial charge < -0.3 is 10.6 Å². The summed E-state index contributed by atoms with van der Waals surface area (Å²) in [6.07, 6.45) is 1.79. The number of benzene rings is 2. The van der Waals surface area contributed by atoms with Gasteiger partial charge >= 0.3 is 6.03 Å². The summed E-state index contributed by atoms with van der Waals surface area (Å²) in [5.74, 6) is 0.249. The van der Waals surface area contributed by atoms with Gasteiger partial charge in [0.1, 0.15) is 0 Å². The van der Waals surface area contributed by atoms with Crippen LogP contribution in [0.4, 0.5) is 4.79 Å². The van der Waals surface area contributed by atoms with Gasteiger partial charge in [0.2, 0.25) is 0 Å². The Labute approximate surface area is 146 Å². The van der Waals surface area contributed by atoms with E-state index in [9.17, 15) is 4.79 Å². The van der Waals surface area contributed by atoms with E-state index in [0.29, 0.717) is 10.0 Å². The number of fused-ring (bicyclic) bond motifs is 1. The zero-order chi connectivity index (χ0) is 16.6. The number of carbonyl (C=O) groups is 1. The molecule has 5 heteroatoms. The lowest BCUT2D eigenvalue weighted by Crippen LogP contribution is -2.37. The molecule has 0 fully saturated rings. The van der Waals surface area contributed by atoms with E-state index >= 15 is 0 Å². The van der Waals surface area contributed by atoms with Crippen LogP contribution in [-0.2, 0) is 0 Å². The molecule has 0 aliphatic heterocycles. The molecule has 3 nitrogen and oxygen atoms in total. The van der Waals surface area contributed by atoms with Gasteiger partial charge in [-0.1, -0.05) is 53.5 Å². The van der Waals surface area contributed by atoms with E-state index in [1.165, 1.54) is 5.56 Å². The zero-order valence-corrected chi connectivity index (χ0v) is 14.3. The first kappa shape index (κ1) is 16.2. The van der Waals surface area contributed by atoms with Gasteiger partial charge in [0.25, 0.3) is 0 Å². The molecular formula is C18H18Cl2N2O. The number of hydrogen-bond acceptors (Lipinski definition) is 1. The van der Waals surface area contributed by atoms with Gasteiger partial charge in [-0.3, -0.25) is 0 Å². The topological polar surface area (TPSA) is 46.3 Å². The Kier molecular flexibility index (Phi) is 4.51. The molecule has 2 aromatic carbocycles. The van der Waals surface area contributed by atoms with Crippen molar-refractivity contribution in [1.82, 2.24) is 4.90 Å². The summed E-state index contributed by atoms with van der Waals surface area (Å²) in [6.45, 7) is 0. The van der Waals surface area contributed by atoms with Crippen LogP contribution in [0, 0.1) is 0 Å².